The van der Waals surface area contributed by atoms with Gasteiger partial charge in [0.15, 0.2) is 5.82 Å². The van der Waals surface area contributed by atoms with Crippen LogP contribution in [0.2, 0.25) is 0 Å². The molecule has 0 spiro atoms. The molecule has 0 aliphatic carbocycles. The number of carbonyl (C=O) groups is 1. The molecule has 1 amide bonds. The molecule has 9 heteroatoms. The number of ether oxygens (including phenoxy) is 2. The van der Waals surface area contributed by atoms with Crippen molar-refractivity contribution in [2.75, 3.05) is 7.11 Å². The van der Waals surface area contributed by atoms with E-state index in [1.807, 2.05) is 44.2 Å². The molecule has 0 aliphatic rings. The van der Waals surface area contributed by atoms with Gasteiger partial charge in [-0.25, -0.2) is 4.98 Å². The van der Waals surface area contributed by atoms with Crippen LogP contribution in [0.5, 0.6) is 11.5 Å². The number of hydrogen-bond acceptors (Lipinski definition) is 7. The molecule has 32 heavy (non-hydrogen) atoms. The minimum absolute atomic E-state index is 0.195. The fourth-order valence-corrected chi connectivity index (χ4v) is 3.14. The average Bonchev–Trinajstić information content (AvgIpc) is 3.43. The first-order valence-corrected chi connectivity index (χ1v) is 10.0. The molecular formula is C23H23N5O4. The maximum atomic E-state index is 12.8. The number of aryl methyl sites for hydroxylation is 2. The molecule has 9 nitrogen and oxygen atoms in total. The van der Waals surface area contributed by atoms with E-state index in [1.54, 1.807) is 25.3 Å². The number of aromatic amines is 1. The molecule has 0 fully saturated rings. The molecule has 0 saturated carbocycles. The Labute approximate surface area is 184 Å². The van der Waals surface area contributed by atoms with Gasteiger partial charge in [-0.05, 0) is 50.2 Å². The van der Waals surface area contributed by atoms with E-state index in [2.05, 4.69) is 25.7 Å². The third-order valence-corrected chi connectivity index (χ3v) is 4.98. The minimum Gasteiger partial charge on any atom is -0.497 e. The van der Waals surface area contributed by atoms with Crippen LogP contribution >= 0.6 is 0 Å². The maximum Gasteiger partial charge on any atom is 0.255 e. The van der Waals surface area contributed by atoms with Crippen LogP contribution in [0.15, 0.2) is 53.1 Å². The highest BCUT2D eigenvalue weighted by Gasteiger charge is 2.15. The molecular weight excluding hydrogens is 410 g/mol. The molecule has 2 heterocycles. The zero-order chi connectivity index (χ0) is 22.5. The summed E-state index contributed by atoms with van der Waals surface area (Å²) in [5, 5.41) is 13.8. The van der Waals surface area contributed by atoms with Gasteiger partial charge >= 0.3 is 0 Å². The highest BCUT2D eigenvalue weighted by Crippen LogP contribution is 2.22. The Hall–Kier alpha value is -4.14. The summed E-state index contributed by atoms with van der Waals surface area (Å²) in [5.74, 6) is 2.73. The quantitative estimate of drug-likeness (QED) is 0.436. The molecule has 2 N–H and O–H groups in total. The molecule has 4 rings (SSSR count). The number of benzene rings is 2. The lowest BCUT2D eigenvalue weighted by Crippen LogP contribution is -2.24. The van der Waals surface area contributed by atoms with Crippen molar-refractivity contribution in [2.45, 2.75) is 27.0 Å². The summed E-state index contributed by atoms with van der Waals surface area (Å²) in [6.45, 7) is 4.14. The van der Waals surface area contributed by atoms with Crippen LogP contribution in [0, 0.1) is 13.8 Å². The normalized spacial score (nSPS) is 10.7. The summed E-state index contributed by atoms with van der Waals surface area (Å²) >= 11 is 0. The van der Waals surface area contributed by atoms with Crippen molar-refractivity contribution in [1.82, 2.24) is 25.7 Å². The van der Waals surface area contributed by atoms with Gasteiger partial charge in [0.25, 0.3) is 5.91 Å². The van der Waals surface area contributed by atoms with Crippen molar-refractivity contribution in [1.29, 1.82) is 0 Å². The zero-order valence-electron chi connectivity index (χ0n) is 18.0. The van der Waals surface area contributed by atoms with E-state index < -0.39 is 0 Å². The highest BCUT2D eigenvalue weighted by molar-refractivity contribution is 5.96. The molecule has 4 aromatic rings. The number of amides is 1. The topological polar surface area (TPSA) is 115 Å². The average molecular weight is 433 g/mol. The third-order valence-electron chi connectivity index (χ3n) is 4.98. The molecule has 0 bridgehead atoms. The second-order valence-corrected chi connectivity index (χ2v) is 7.10. The summed E-state index contributed by atoms with van der Waals surface area (Å²) < 4.78 is 16.2. The predicted molar refractivity (Wildman–Crippen MR) is 116 cm³/mol. The van der Waals surface area contributed by atoms with Crippen LogP contribution in [0.3, 0.4) is 0 Å². The van der Waals surface area contributed by atoms with Gasteiger partial charge in [-0.3, -0.25) is 9.89 Å². The number of hydrogen-bond donors (Lipinski definition) is 2. The minimum atomic E-state index is -0.276. The smallest absolute Gasteiger partial charge is 0.255 e. The molecule has 2 aromatic carbocycles. The van der Waals surface area contributed by atoms with Crippen LogP contribution in [-0.2, 0) is 13.2 Å². The standard InChI is InChI=1S/C23H23N5O4/c1-14-19(15(2)32-28-14)13-31-20-7-5-4-6-18(20)23(29)24-12-21-25-22(27-26-21)16-8-10-17(30-3)11-9-16/h4-11H,12-13H2,1-3H3,(H,24,29)(H,25,26,27). The molecule has 0 atom stereocenters. The Balaban J connectivity index is 1.40. The second-order valence-electron chi connectivity index (χ2n) is 7.10. The van der Waals surface area contributed by atoms with E-state index in [9.17, 15) is 4.79 Å². The number of para-hydroxylation sites is 1. The van der Waals surface area contributed by atoms with Gasteiger partial charge < -0.3 is 19.3 Å². The molecule has 0 aliphatic heterocycles. The van der Waals surface area contributed by atoms with Gasteiger partial charge in [-0.1, -0.05) is 17.3 Å². The van der Waals surface area contributed by atoms with Crippen molar-refractivity contribution < 1.29 is 18.8 Å². The predicted octanol–water partition coefficient (Wildman–Crippen LogP) is 3.59. The Morgan fingerprint density at radius 3 is 2.62 bits per heavy atom. The van der Waals surface area contributed by atoms with E-state index in [0.29, 0.717) is 28.7 Å². The lowest BCUT2D eigenvalue weighted by Gasteiger charge is -2.11. The number of H-pyrrole nitrogens is 1. The van der Waals surface area contributed by atoms with Crippen molar-refractivity contribution in [3.8, 4) is 22.9 Å². The number of nitrogens with one attached hydrogen (secondary N) is 2. The highest BCUT2D eigenvalue weighted by atomic mass is 16.5. The van der Waals surface area contributed by atoms with E-state index in [-0.39, 0.29) is 19.1 Å². The van der Waals surface area contributed by atoms with E-state index >= 15 is 0 Å². The SMILES string of the molecule is COc1ccc(-c2n[nH]c(CNC(=O)c3ccccc3OCc3c(C)noc3C)n2)cc1. The van der Waals surface area contributed by atoms with E-state index in [0.717, 1.165) is 22.6 Å². The summed E-state index contributed by atoms with van der Waals surface area (Å²) in [6, 6.07) is 14.5. The van der Waals surface area contributed by atoms with Gasteiger partial charge in [0.2, 0.25) is 0 Å². The molecule has 0 saturated heterocycles. The van der Waals surface area contributed by atoms with Crippen LogP contribution in [0.4, 0.5) is 0 Å². The first kappa shape index (κ1) is 21.1. The van der Waals surface area contributed by atoms with Gasteiger partial charge in [-0.2, -0.15) is 5.10 Å². The Morgan fingerprint density at radius 1 is 1.12 bits per heavy atom. The monoisotopic (exact) mass is 433 g/mol. The van der Waals surface area contributed by atoms with E-state index in [4.69, 9.17) is 14.0 Å². The zero-order valence-corrected chi connectivity index (χ0v) is 18.0. The van der Waals surface area contributed by atoms with Crippen molar-refractivity contribution >= 4 is 5.91 Å². The summed E-state index contributed by atoms with van der Waals surface area (Å²) in [4.78, 5) is 17.2. The van der Waals surface area contributed by atoms with Crippen LogP contribution in [0.25, 0.3) is 11.4 Å². The Morgan fingerprint density at radius 2 is 1.91 bits per heavy atom. The molecule has 164 valence electrons. The number of nitrogens with zero attached hydrogens (tertiary/aromatic N) is 3. The van der Waals surface area contributed by atoms with Gasteiger partial charge in [0, 0.05) is 5.56 Å². The summed E-state index contributed by atoms with van der Waals surface area (Å²) in [5.41, 5.74) is 2.90. The van der Waals surface area contributed by atoms with Crippen molar-refractivity contribution in [3.05, 3.63) is 76.9 Å². The van der Waals surface area contributed by atoms with Gasteiger partial charge in [-0.15, -0.1) is 0 Å². The number of carbonyl (C=O) groups excluding carboxylic acids is 1. The largest absolute Gasteiger partial charge is 0.497 e. The first-order chi connectivity index (χ1) is 15.5. The molecule has 0 unspecified atom stereocenters. The first-order valence-electron chi connectivity index (χ1n) is 10.0. The fourth-order valence-electron chi connectivity index (χ4n) is 3.14. The van der Waals surface area contributed by atoms with E-state index in [1.165, 1.54) is 0 Å². The van der Waals surface area contributed by atoms with Crippen molar-refractivity contribution in [2.24, 2.45) is 0 Å². The summed E-state index contributed by atoms with van der Waals surface area (Å²) in [7, 11) is 1.61. The van der Waals surface area contributed by atoms with Crippen molar-refractivity contribution in [3.63, 3.8) is 0 Å². The summed E-state index contributed by atoms with van der Waals surface area (Å²) in [6.07, 6.45) is 0. The molecule has 2 aromatic heterocycles. The van der Waals surface area contributed by atoms with Crippen LogP contribution < -0.4 is 14.8 Å². The van der Waals surface area contributed by atoms with Crippen LogP contribution in [-0.4, -0.2) is 33.4 Å². The molecule has 0 radical (unpaired) electrons. The number of aromatic nitrogens is 4. The van der Waals surface area contributed by atoms with Crippen LogP contribution in [0.1, 0.15) is 33.2 Å². The number of methoxy groups -OCH3 is 1. The Kier molecular flexibility index (Phi) is 6.16. The lowest BCUT2D eigenvalue weighted by molar-refractivity contribution is 0.0945. The third kappa shape index (κ3) is 4.61. The Bertz CT molecular complexity index is 1190. The fraction of sp³-hybridized carbons (Fsp3) is 0.217. The van der Waals surface area contributed by atoms with Gasteiger partial charge in [0.05, 0.1) is 30.5 Å². The second kappa shape index (κ2) is 9.34. The number of rotatable bonds is 8. The van der Waals surface area contributed by atoms with Gasteiger partial charge in [0.1, 0.15) is 29.7 Å². The lowest BCUT2D eigenvalue weighted by atomic mass is 10.2. The maximum absolute atomic E-state index is 12.8.